The van der Waals surface area contributed by atoms with Gasteiger partial charge in [-0.15, -0.1) is 13.2 Å². The van der Waals surface area contributed by atoms with Crippen LogP contribution in [0.5, 0.6) is 11.5 Å². The van der Waals surface area contributed by atoms with Gasteiger partial charge in [-0.1, -0.05) is 24.3 Å². The van der Waals surface area contributed by atoms with E-state index in [0.717, 1.165) is 12.1 Å². The van der Waals surface area contributed by atoms with Gasteiger partial charge >= 0.3 is 6.36 Å². The fourth-order valence-corrected chi connectivity index (χ4v) is 2.53. The minimum absolute atomic E-state index is 0.265. The fourth-order valence-electron chi connectivity index (χ4n) is 2.53. The number of hydrogen-bond acceptors (Lipinski definition) is 4. The van der Waals surface area contributed by atoms with Crippen LogP contribution in [0.15, 0.2) is 48.5 Å². The molecular formula is C20H21F3N2O4. The number of amides is 2. The predicted molar refractivity (Wildman–Crippen MR) is 99.6 cm³/mol. The molecule has 0 aromatic heterocycles. The normalized spacial score (nSPS) is 12.0. The SMILES string of the molecule is CCOc1ccccc1C(=O)NCC(=O)NC(C)c1ccc(OC(F)(F)F)cc1. The summed E-state index contributed by atoms with van der Waals surface area (Å²) in [6.07, 6.45) is -4.76. The maximum Gasteiger partial charge on any atom is 0.573 e. The van der Waals surface area contributed by atoms with Crippen LogP contribution in [0.1, 0.15) is 35.8 Å². The summed E-state index contributed by atoms with van der Waals surface area (Å²) in [6.45, 7) is 3.60. The van der Waals surface area contributed by atoms with Crippen molar-refractivity contribution in [2.75, 3.05) is 13.2 Å². The van der Waals surface area contributed by atoms with Gasteiger partial charge in [-0.25, -0.2) is 0 Å². The van der Waals surface area contributed by atoms with Crippen LogP contribution in [0, 0.1) is 0 Å². The molecule has 0 heterocycles. The van der Waals surface area contributed by atoms with E-state index in [1.165, 1.54) is 12.1 Å². The van der Waals surface area contributed by atoms with Crippen molar-refractivity contribution < 1.29 is 32.2 Å². The topological polar surface area (TPSA) is 76.7 Å². The summed E-state index contributed by atoms with van der Waals surface area (Å²) in [7, 11) is 0. The van der Waals surface area contributed by atoms with Crippen molar-refractivity contribution in [2.24, 2.45) is 0 Å². The number of nitrogens with one attached hydrogen (secondary N) is 2. The van der Waals surface area contributed by atoms with Crippen LogP contribution < -0.4 is 20.1 Å². The third-order valence-electron chi connectivity index (χ3n) is 3.83. The number of carbonyl (C=O) groups is 2. The second kappa shape index (κ2) is 9.81. The number of benzene rings is 2. The lowest BCUT2D eigenvalue weighted by molar-refractivity contribution is -0.274. The maximum absolute atomic E-state index is 12.3. The molecule has 1 atom stereocenters. The van der Waals surface area contributed by atoms with E-state index >= 15 is 0 Å². The Labute approximate surface area is 166 Å². The van der Waals surface area contributed by atoms with E-state index < -0.39 is 24.2 Å². The number of hydrogen-bond donors (Lipinski definition) is 2. The Morgan fingerprint density at radius 2 is 1.72 bits per heavy atom. The predicted octanol–water partition coefficient (Wildman–Crippen LogP) is 3.59. The molecule has 6 nitrogen and oxygen atoms in total. The molecule has 0 fully saturated rings. The van der Waals surface area contributed by atoms with E-state index in [2.05, 4.69) is 15.4 Å². The van der Waals surface area contributed by atoms with Crippen LogP contribution in [-0.4, -0.2) is 31.3 Å². The van der Waals surface area contributed by atoms with Crippen LogP contribution in [0.25, 0.3) is 0 Å². The Morgan fingerprint density at radius 3 is 2.34 bits per heavy atom. The first-order valence-electron chi connectivity index (χ1n) is 8.84. The third-order valence-corrected chi connectivity index (χ3v) is 3.83. The molecule has 156 valence electrons. The van der Waals surface area contributed by atoms with E-state index in [1.807, 2.05) is 0 Å². The molecule has 2 aromatic rings. The Balaban J connectivity index is 1.88. The summed E-state index contributed by atoms with van der Waals surface area (Å²) >= 11 is 0. The monoisotopic (exact) mass is 410 g/mol. The molecule has 0 aliphatic rings. The molecule has 29 heavy (non-hydrogen) atoms. The summed E-state index contributed by atoms with van der Waals surface area (Å²) in [5.41, 5.74) is 0.899. The molecular weight excluding hydrogens is 389 g/mol. The Hall–Kier alpha value is -3.23. The molecule has 2 amide bonds. The molecule has 0 spiro atoms. The van der Waals surface area contributed by atoms with Gasteiger partial charge in [0.05, 0.1) is 24.8 Å². The van der Waals surface area contributed by atoms with Crippen LogP contribution in [0.2, 0.25) is 0 Å². The molecule has 0 aliphatic heterocycles. The van der Waals surface area contributed by atoms with Crippen LogP contribution >= 0.6 is 0 Å². The molecule has 2 rings (SSSR count). The van der Waals surface area contributed by atoms with Gasteiger partial charge < -0.3 is 20.1 Å². The van der Waals surface area contributed by atoms with Crippen molar-refractivity contribution in [3.05, 3.63) is 59.7 Å². The quantitative estimate of drug-likeness (QED) is 0.697. The van der Waals surface area contributed by atoms with Crippen LogP contribution in [0.4, 0.5) is 13.2 Å². The number of ether oxygens (including phenoxy) is 2. The van der Waals surface area contributed by atoms with Gasteiger partial charge in [0, 0.05) is 0 Å². The van der Waals surface area contributed by atoms with Gasteiger partial charge in [0.25, 0.3) is 5.91 Å². The lowest BCUT2D eigenvalue weighted by Gasteiger charge is -2.16. The summed E-state index contributed by atoms with van der Waals surface area (Å²) in [5.74, 6) is -0.830. The van der Waals surface area contributed by atoms with E-state index in [0.29, 0.717) is 23.5 Å². The van der Waals surface area contributed by atoms with Crippen molar-refractivity contribution in [1.82, 2.24) is 10.6 Å². The Morgan fingerprint density at radius 1 is 1.07 bits per heavy atom. The van der Waals surface area contributed by atoms with E-state index in [-0.39, 0.29) is 12.3 Å². The van der Waals surface area contributed by atoms with Crippen molar-refractivity contribution in [1.29, 1.82) is 0 Å². The standard InChI is InChI=1S/C20H21F3N2O4/c1-3-28-17-7-5-4-6-16(17)19(27)24-12-18(26)25-13(2)14-8-10-15(11-9-14)29-20(21,22)23/h4-11,13H,3,12H2,1-2H3,(H,24,27)(H,25,26). The zero-order chi connectivity index (χ0) is 21.4. The fraction of sp³-hybridized carbons (Fsp3) is 0.300. The molecule has 9 heteroatoms. The van der Waals surface area contributed by atoms with Crippen molar-refractivity contribution in [2.45, 2.75) is 26.3 Å². The highest BCUT2D eigenvalue weighted by Crippen LogP contribution is 2.24. The summed E-state index contributed by atoms with van der Waals surface area (Å²) in [6, 6.07) is 11.4. The van der Waals surface area contributed by atoms with Gasteiger partial charge in [0.1, 0.15) is 11.5 Å². The van der Waals surface area contributed by atoms with Gasteiger partial charge in [-0.3, -0.25) is 9.59 Å². The number of carbonyl (C=O) groups excluding carboxylic acids is 2. The molecule has 0 bridgehead atoms. The second-order valence-corrected chi connectivity index (χ2v) is 6.02. The maximum atomic E-state index is 12.3. The van der Waals surface area contributed by atoms with Crippen molar-refractivity contribution in [3.8, 4) is 11.5 Å². The minimum atomic E-state index is -4.76. The molecule has 0 saturated heterocycles. The lowest BCUT2D eigenvalue weighted by Crippen LogP contribution is -2.38. The third kappa shape index (κ3) is 7.02. The smallest absolute Gasteiger partial charge is 0.493 e. The van der Waals surface area contributed by atoms with Gasteiger partial charge in [0.15, 0.2) is 0 Å². The number of halogens is 3. The van der Waals surface area contributed by atoms with Crippen molar-refractivity contribution in [3.63, 3.8) is 0 Å². The number of alkyl halides is 3. The summed E-state index contributed by atoms with van der Waals surface area (Å²) in [4.78, 5) is 24.4. The first kappa shape index (κ1) is 22.1. The highest BCUT2D eigenvalue weighted by molar-refractivity contribution is 5.98. The average molecular weight is 410 g/mol. The second-order valence-electron chi connectivity index (χ2n) is 6.02. The summed E-state index contributed by atoms with van der Waals surface area (Å²) < 4.78 is 45.8. The lowest BCUT2D eigenvalue weighted by atomic mass is 10.1. The first-order valence-corrected chi connectivity index (χ1v) is 8.84. The van der Waals surface area contributed by atoms with Gasteiger partial charge in [-0.2, -0.15) is 0 Å². The first-order chi connectivity index (χ1) is 13.7. The van der Waals surface area contributed by atoms with E-state index in [9.17, 15) is 22.8 Å². The van der Waals surface area contributed by atoms with E-state index in [1.54, 1.807) is 38.1 Å². The highest BCUT2D eigenvalue weighted by atomic mass is 19.4. The highest BCUT2D eigenvalue weighted by Gasteiger charge is 2.31. The minimum Gasteiger partial charge on any atom is -0.493 e. The molecule has 0 aliphatic carbocycles. The van der Waals surface area contributed by atoms with Crippen molar-refractivity contribution >= 4 is 11.8 Å². The Kier molecular flexibility index (Phi) is 7.46. The molecule has 2 aromatic carbocycles. The Bertz CT molecular complexity index is 838. The van der Waals surface area contributed by atoms with Gasteiger partial charge in [0.2, 0.25) is 5.91 Å². The van der Waals surface area contributed by atoms with Crippen LogP contribution in [0.3, 0.4) is 0 Å². The zero-order valence-electron chi connectivity index (χ0n) is 15.9. The molecule has 2 N–H and O–H groups in total. The van der Waals surface area contributed by atoms with E-state index in [4.69, 9.17) is 4.74 Å². The molecule has 0 radical (unpaired) electrons. The molecule has 1 unspecified atom stereocenters. The largest absolute Gasteiger partial charge is 0.573 e. The zero-order valence-corrected chi connectivity index (χ0v) is 15.9. The number of rotatable bonds is 8. The molecule has 0 saturated carbocycles. The summed E-state index contributed by atoms with van der Waals surface area (Å²) in [5, 5.41) is 5.18. The average Bonchev–Trinajstić information content (AvgIpc) is 2.66. The number of para-hydroxylation sites is 1. The van der Waals surface area contributed by atoms with Gasteiger partial charge in [-0.05, 0) is 43.7 Å². The van der Waals surface area contributed by atoms with Crippen LogP contribution in [-0.2, 0) is 4.79 Å².